The topological polar surface area (TPSA) is 118 Å². The molecule has 0 radical (unpaired) electrons. The van der Waals surface area contributed by atoms with Crippen molar-refractivity contribution in [3.05, 3.63) is 28.4 Å². The highest BCUT2D eigenvalue weighted by atomic mass is 19.1. The summed E-state index contributed by atoms with van der Waals surface area (Å²) in [5.41, 5.74) is 3.84. The Morgan fingerprint density at radius 3 is 2.67 bits per heavy atom. The van der Waals surface area contributed by atoms with Gasteiger partial charge >= 0.3 is 0 Å². The van der Waals surface area contributed by atoms with Crippen LogP contribution in [0.25, 0.3) is 0 Å². The monoisotopic (exact) mass is 260 g/mol. The molecule has 1 aromatic rings. The van der Waals surface area contributed by atoms with Crippen molar-refractivity contribution in [3.63, 3.8) is 0 Å². The van der Waals surface area contributed by atoms with E-state index < -0.39 is 42.5 Å². The Labute approximate surface area is 101 Å². The molecule has 4 atom stereocenters. The predicted molar refractivity (Wildman–Crippen MR) is 58.1 cm³/mol. The van der Waals surface area contributed by atoms with Gasteiger partial charge in [-0.3, -0.25) is 9.36 Å². The van der Waals surface area contributed by atoms with Gasteiger partial charge < -0.3 is 25.8 Å². The van der Waals surface area contributed by atoms with Gasteiger partial charge in [-0.05, 0) is 6.07 Å². The molecular formula is C10H13FN2O5. The van der Waals surface area contributed by atoms with Crippen molar-refractivity contribution in [1.29, 1.82) is 0 Å². The highest BCUT2D eigenvalue weighted by Crippen LogP contribution is 2.28. The van der Waals surface area contributed by atoms with Crippen LogP contribution in [0.2, 0.25) is 0 Å². The molecule has 1 aliphatic rings. The SMILES string of the molecule is Nc1ccn([C@@H]2O[C@H](CO)[C@@H](O)[C@H]2O)c(=O)c1F. The van der Waals surface area contributed by atoms with Gasteiger partial charge in [0.25, 0.3) is 5.56 Å². The first-order valence-corrected chi connectivity index (χ1v) is 5.26. The van der Waals surface area contributed by atoms with Crippen LogP contribution in [0.4, 0.5) is 10.1 Å². The standard InChI is InChI=1S/C10H13FN2O5/c11-6-4(12)1-2-13(9(6)17)10-8(16)7(15)5(3-14)18-10/h1-2,5,7-8,10,14-16H,3,12H2/t5-,7-,8-,10-/m1/s1. The molecule has 0 aromatic carbocycles. The normalized spacial score (nSPS) is 31.8. The van der Waals surface area contributed by atoms with Gasteiger partial charge in [0.2, 0.25) is 5.82 Å². The molecule has 100 valence electrons. The van der Waals surface area contributed by atoms with Gasteiger partial charge in [-0.25, -0.2) is 0 Å². The molecule has 18 heavy (non-hydrogen) atoms. The summed E-state index contributed by atoms with van der Waals surface area (Å²) < 4.78 is 19.2. The van der Waals surface area contributed by atoms with E-state index in [0.29, 0.717) is 0 Å². The molecular weight excluding hydrogens is 247 g/mol. The van der Waals surface area contributed by atoms with Crippen LogP contribution in [0.5, 0.6) is 0 Å². The van der Waals surface area contributed by atoms with E-state index >= 15 is 0 Å². The van der Waals surface area contributed by atoms with E-state index in [-0.39, 0.29) is 5.69 Å². The average Bonchev–Trinajstić information content (AvgIpc) is 2.64. The van der Waals surface area contributed by atoms with E-state index in [1.807, 2.05) is 0 Å². The van der Waals surface area contributed by atoms with Crippen LogP contribution in [0.15, 0.2) is 17.1 Å². The third-order valence-corrected chi connectivity index (χ3v) is 2.88. The number of nitrogen functional groups attached to an aromatic ring is 1. The summed E-state index contributed by atoms with van der Waals surface area (Å²) in [6.07, 6.45) is -3.94. The predicted octanol–water partition coefficient (Wildman–Crippen LogP) is -1.82. The maximum absolute atomic E-state index is 13.3. The van der Waals surface area contributed by atoms with Gasteiger partial charge in [-0.1, -0.05) is 0 Å². The smallest absolute Gasteiger partial charge is 0.290 e. The summed E-state index contributed by atoms with van der Waals surface area (Å²) in [5, 5.41) is 28.1. The highest BCUT2D eigenvalue weighted by Gasteiger charge is 2.43. The molecule has 1 saturated heterocycles. The second-order valence-electron chi connectivity index (χ2n) is 4.03. The minimum absolute atomic E-state index is 0.317. The third kappa shape index (κ3) is 1.89. The van der Waals surface area contributed by atoms with Crippen LogP contribution >= 0.6 is 0 Å². The van der Waals surface area contributed by atoms with Crippen LogP contribution < -0.4 is 11.3 Å². The number of aliphatic hydroxyl groups is 3. The first-order chi connectivity index (χ1) is 8.47. The summed E-state index contributed by atoms with van der Waals surface area (Å²) in [4.78, 5) is 11.6. The lowest BCUT2D eigenvalue weighted by Crippen LogP contribution is -2.36. The average molecular weight is 260 g/mol. The molecule has 1 fully saturated rings. The number of pyridine rings is 1. The van der Waals surface area contributed by atoms with E-state index in [1.165, 1.54) is 0 Å². The van der Waals surface area contributed by atoms with Crippen LogP contribution in [0.1, 0.15) is 6.23 Å². The zero-order valence-corrected chi connectivity index (χ0v) is 9.23. The fraction of sp³-hybridized carbons (Fsp3) is 0.500. The summed E-state index contributed by atoms with van der Waals surface area (Å²) in [6.45, 7) is -0.527. The number of aliphatic hydroxyl groups excluding tert-OH is 3. The number of aromatic nitrogens is 1. The lowest BCUT2D eigenvalue weighted by molar-refractivity contribution is -0.0548. The van der Waals surface area contributed by atoms with Crippen molar-refractivity contribution >= 4 is 5.69 Å². The van der Waals surface area contributed by atoms with E-state index in [9.17, 15) is 19.4 Å². The number of anilines is 1. The Hall–Kier alpha value is -1.48. The number of halogens is 1. The lowest BCUT2D eigenvalue weighted by Gasteiger charge is -2.17. The number of rotatable bonds is 2. The number of hydrogen-bond acceptors (Lipinski definition) is 6. The molecule has 0 aliphatic carbocycles. The van der Waals surface area contributed by atoms with Gasteiger partial charge in [0.05, 0.1) is 12.3 Å². The number of nitrogens with two attached hydrogens (primary N) is 1. The second-order valence-corrected chi connectivity index (χ2v) is 4.03. The summed E-state index contributed by atoms with van der Waals surface area (Å²) in [6, 6.07) is 1.14. The highest BCUT2D eigenvalue weighted by molar-refractivity contribution is 5.36. The Morgan fingerprint density at radius 1 is 1.44 bits per heavy atom. The zero-order chi connectivity index (χ0) is 13.4. The molecule has 0 saturated carbocycles. The van der Waals surface area contributed by atoms with Crippen molar-refractivity contribution < 1.29 is 24.4 Å². The maximum atomic E-state index is 13.3. The van der Waals surface area contributed by atoms with E-state index in [4.69, 9.17) is 15.6 Å². The Morgan fingerprint density at radius 2 is 2.11 bits per heavy atom. The molecule has 1 aromatic heterocycles. The Balaban J connectivity index is 2.39. The van der Waals surface area contributed by atoms with Gasteiger partial charge in [0, 0.05) is 6.20 Å². The van der Waals surface area contributed by atoms with Crippen LogP contribution in [0.3, 0.4) is 0 Å². The van der Waals surface area contributed by atoms with E-state index in [1.54, 1.807) is 0 Å². The molecule has 0 amide bonds. The lowest BCUT2D eigenvalue weighted by atomic mass is 10.1. The minimum Gasteiger partial charge on any atom is -0.396 e. The zero-order valence-electron chi connectivity index (χ0n) is 9.23. The summed E-state index contributed by atoms with van der Waals surface area (Å²) in [7, 11) is 0. The number of ether oxygens (including phenoxy) is 1. The molecule has 0 spiro atoms. The van der Waals surface area contributed by atoms with Gasteiger partial charge in [0.15, 0.2) is 6.23 Å². The molecule has 0 bridgehead atoms. The van der Waals surface area contributed by atoms with Gasteiger partial charge in [-0.2, -0.15) is 4.39 Å². The van der Waals surface area contributed by atoms with Gasteiger partial charge in [-0.15, -0.1) is 0 Å². The quantitative estimate of drug-likeness (QED) is 0.497. The van der Waals surface area contributed by atoms with Crippen LogP contribution in [0, 0.1) is 5.82 Å². The maximum Gasteiger partial charge on any atom is 0.290 e. The fourth-order valence-corrected chi connectivity index (χ4v) is 1.85. The third-order valence-electron chi connectivity index (χ3n) is 2.88. The minimum atomic E-state index is -1.44. The van der Waals surface area contributed by atoms with Crippen molar-refractivity contribution in [2.45, 2.75) is 24.5 Å². The van der Waals surface area contributed by atoms with Crippen LogP contribution in [-0.4, -0.2) is 44.8 Å². The first-order valence-electron chi connectivity index (χ1n) is 5.26. The van der Waals surface area contributed by atoms with Crippen molar-refractivity contribution in [2.24, 2.45) is 0 Å². The second kappa shape index (κ2) is 4.65. The van der Waals surface area contributed by atoms with E-state index in [0.717, 1.165) is 16.8 Å². The van der Waals surface area contributed by atoms with Crippen LogP contribution in [-0.2, 0) is 4.74 Å². The molecule has 2 heterocycles. The molecule has 2 rings (SSSR count). The molecule has 1 aliphatic heterocycles. The number of hydrogen-bond donors (Lipinski definition) is 4. The Kier molecular flexibility index (Phi) is 3.35. The van der Waals surface area contributed by atoms with Crippen molar-refractivity contribution in [2.75, 3.05) is 12.3 Å². The summed E-state index contributed by atoms with van der Waals surface area (Å²) >= 11 is 0. The van der Waals surface area contributed by atoms with Crippen molar-refractivity contribution in [1.82, 2.24) is 4.57 Å². The molecule has 0 unspecified atom stereocenters. The largest absolute Gasteiger partial charge is 0.396 e. The molecule has 5 N–H and O–H groups in total. The Bertz CT molecular complexity index is 506. The number of nitrogens with zero attached hydrogens (tertiary/aromatic N) is 1. The van der Waals surface area contributed by atoms with Gasteiger partial charge in [0.1, 0.15) is 18.3 Å². The summed E-state index contributed by atoms with van der Waals surface area (Å²) in [5.74, 6) is -1.16. The van der Waals surface area contributed by atoms with Crippen molar-refractivity contribution in [3.8, 4) is 0 Å². The molecule has 8 heteroatoms. The first kappa shape index (κ1) is 13.0. The van der Waals surface area contributed by atoms with E-state index in [2.05, 4.69) is 0 Å². The fourth-order valence-electron chi connectivity index (χ4n) is 1.85. The molecule has 7 nitrogen and oxygen atoms in total.